The summed E-state index contributed by atoms with van der Waals surface area (Å²) in [4.78, 5) is 2.30. The lowest BCUT2D eigenvalue weighted by atomic mass is 10.0. The highest BCUT2D eigenvalue weighted by atomic mass is 35.5. The molecule has 2 N–H and O–H groups in total. The van der Waals surface area contributed by atoms with E-state index in [-0.39, 0.29) is 0 Å². The van der Waals surface area contributed by atoms with Crippen LogP contribution in [0.25, 0.3) is 0 Å². The van der Waals surface area contributed by atoms with Gasteiger partial charge in [0, 0.05) is 30.4 Å². The van der Waals surface area contributed by atoms with Crippen molar-refractivity contribution in [1.82, 2.24) is 4.90 Å². The largest absolute Gasteiger partial charge is 0.398 e. The van der Waals surface area contributed by atoms with E-state index in [2.05, 4.69) is 11.9 Å². The number of benzene rings is 1. The lowest BCUT2D eigenvalue weighted by molar-refractivity contribution is 0.0412. The Morgan fingerprint density at radius 3 is 3.00 bits per heavy atom. The van der Waals surface area contributed by atoms with Gasteiger partial charge in [0.2, 0.25) is 0 Å². The number of hydrogen-bond acceptors (Lipinski definition) is 3. The first kappa shape index (κ1) is 13.7. The molecule has 0 aliphatic carbocycles. The Hall–Kier alpha value is -0.770. The SMILES string of the molecule is CN(Cc1ccc(Cl)cc1N)CC1CCCOC1. The molecule has 0 saturated carbocycles. The standard InChI is InChI=1S/C14H21ClN2O/c1-17(8-11-3-2-6-18-10-11)9-12-4-5-13(15)7-14(12)16/h4-5,7,11H,2-3,6,8-10,16H2,1H3. The van der Waals surface area contributed by atoms with Gasteiger partial charge in [-0.3, -0.25) is 0 Å². The monoisotopic (exact) mass is 268 g/mol. The molecule has 1 fully saturated rings. The molecule has 0 bridgehead atoms. The molecule has 1 heterocycles. The maximum absolute atomic E-state index is 5.97. The van der Waals surface area contributed by atoms with Gasteiger partial charge < -0.3 is 15.4 Å². The minimum atomic E-state index is 0.650. The maximum Gasteiger partial charge on any atom is 0.0506 e. The van der Waals surface area contributed by atoms with Crippen LogP contribution in [0.15, 0.2) is 18.2 Å². The Morgan fingerprint density at radius 2 is 2.33 bits per heavy atom. The Bertz CT molecular complexity index is 391. The normalized spacial score (nSPS) is 20.3. The Labute approximate surface area is 114 Å². The fourth-order valence-electron chi connectivity index (χ4n) is 2.46. The molecule has 0 amide bonds. The van der Waals surface area contributed by atoms with Crippen LogP contribution >= 0.6 is 11.6 Å². The molecular formula is C14H21ClN2O. The van der Waals surface area contributed by atoms with E-state index in [4.69, 9.17) is 22.1 Å². The van der Waals surface area contributed by atoms with E-state index in [0.29, 0.717) is 10.9 Å². The summed E-state index contributed by atoms with van der Waals surface area (Å²) < 4.78 is 5.50. The van der Waals surface area contributed by atoms with Crippen molar-refractivity contribution in [2.45, 2.75) is 19.4 Å². The number of hydrogen-bond donors (Lipinski definition) is 1. The number of rotatable bonds is 4. The molecule has 18 heavy (non-hydrogen) atoms. The fraction of sp³-hybridized carbons (Fsp3) is 0.571. The predicted octanol–water partition coefficient (Wildman–Crippen LogP) is 2.78. The number of nitrogen functional groups attached to an aromatic ring is 1. The van der Waals surface area contributed by atoms with Crippen molar-refractivity contribution in [2.24, 2.45) is 5.92 Å². The minimum absolute atomic E-state index is 0.650. The molecule has 0 spiro atoms. The van der Waals surface area contributed by atoms with Gasteiger partial charge in [-0.05, 0) is 43.5 Å². The van der Waals surface area contributed by atoms with Gasteiger partial charge in [0.25, 0.3) is 0 Å². The summed E-state index contributed by atoms with van der Waals surface area (Å²) in [5.41, 5.74) is 7.88. The van der Waals surface area contributed by atoms with Crippen molar-refractivity contribution in [3.63, 3.8) is 0 Å². The second-order valence-corrected chi connectivity index (χ2v) is 5.56. The topological polar surface area (TPSA) is 38.5 Å². The third kappa shape index (κ3) is 3.87. The zero-order chi connectivity index (χ0) is 13.0. The second kappa shape index (κ2) is 6.41. The summed E-state index contributed by atoms with van der Waals surface area (Å²) in [6, 6.07) is 5.71. The average Bonchev–Trinajstić information content (AvgIpc) is 2.34. The smallest absolute Gasteiger partial charge is 0.0506 e. The number of nitrogens with zero attached hydrogens (tertiary/aromatic N) is 1. The molecule has 0 aromatic heterocycles. The van der Waals surface area contributed by atoms with E-state index >= 15 is 0 Å². The lowest BCUT2D eigenvalue weighted by Crippen LogP contribution is -2.30. The highest BCUT2D eigenvalue weighted by Crippen LogP contribution is 2.20. The molecule has 1 aromatic carbocycles. The van der Waals surface area contributed by atoms with Crippen molar-refractivity contribution >= 4 is 17.3 Å². The molecule has 1 aromatic rings. The van der Waals surface area contributed by atoms with Gasteiger partial charge in [0.1, 0.15) is 0 Å². The molecular weight excluding hydrogens is 248 g/mol. The zero-order valence-corrected chi connectivity index (χ0v) is 11.6. The van der Waals surface area contributed by atoms with E-state index in [1.807, 2.05) is 18.2 Å². The number of anilines is 1. The van der Waals surface area contributed by atoms with Crippen LogP contribution in [0.4, 0.5) is 5.69 Å². The van der Waals surface area contributed by atoms with Crippen LogP contribution in [0, 0.1) is 5.92 Å². The molecule has 1 atom stereocenters. The summed E-state index contributed by atoms with van der Waals surface area (Å²) in [7, 11) is 2.13. The molecule has 1 unspecified atom stereocenters. The Balaban J connectivity index is 1.87. The summed E-state index contributed by atoms with van der Waals surface area (Å²) >= 11 is 5.90. The second-order valence-electron chi connectivity index (χ2n) is 5.12. The molecule has 100 valence electrons. The van der Waals surface area contributed by atoms with E-state index in [0.717, 1.165) is 37.6 Å². The van der Waals surface area contributed by atoms with Crippen LogP contribution in [0.3, 0.4) is 0 Å². The number of nitrogens with two attached hydrogens (primary N) is 1. The molecule has 1 saturated heterocycles. The van der Waals surface area contributed by atoms with Crippen LogP contribution in [0.2, 0.25) is 5.02 Å². The van der Waals surface area contributed by atoms with Gasteiger partial charge in [0.05, 0.1) is 6.61 Å². The average molecular weight is 269 g/mol. The molecule has 3 nitrogen and oxygen atoms in total. The minimum Gasteiger partial charge on any atom is -0.398 e. The van der Waals surface area contributed by atoms with Crippen LogP contribution in [0.1, 0.15) is 18.4 Å². The van der Waals surface area contributed by atoms with E-state index in [9.17, 15) is 0 Å². The van der Waals surface area contributed by atoms with Crippen LogP contribution in [0.5, 0.6) is 0 Å². The van der Waals surface area contributed by atoms with E-state index in [1.54, 1.807) is 0 Å². The molecule has 0 radical (unpaired) electrons. The summed E-state index contributed by atoms with van der Waals surface area (Å²) in [6.45, 7) is 3.73. The fourth-order valence-corrected chi connectivity index (χ4v) is 2.64. The van der Waals surface area contributed by atoms with Crippen LogP contribution < -0.4 is 5.73 Å². The van der Waals surface area contributed by atoms with Crippen LogP contribution in [-0.4, -0.2) is 31.7 Å². The van der Waals surface area contributed by atoms with Crippen molar-refractivity contribution in [2.75, 3.05) is 32.5 Å². The molecule has 1 aliphatic rings. The summed E-state index contributed by atoms with van der Waals surface area (Å²) in [5.74, 6) is 0.650. The highest BCUT2D eigenvalue weighted by Gasteiger charge is 2.16. The van der Waals surface area contributed by atoms with Gasteiger partial charge in [-0.1, -0.05) is 17.7 Å². The van der Waals surface area contributed by atoms with Crippen molar-refractivity contribution in [3.8, 4) is 0 Å². The quantitative estimate of drug-likeness (QED) is 0.854. The summed E-state index contributed by atoms with van der Waals surface area (Å²) in [5, 5.41) is 0.694. The zero-order valence-electron chi connectivity index (χ0n) is 10.9. The first-order valence-corrected chi connectivity index (χ1v) is 6.83. The lowest BCUT2D eigenvalue weighted by Gasteiger charge is -2.27. The predicted molar refractivity (Wildman–Crippen MR) is 75.7 cm³/mol. The summed E-state index contributed by atoms with van der Waals surface area (Å²) in [6.07, 6.45) is 2.45. The van der Waals surface area contributed by atoms with E-state index < -0.39 is 0 Å². The first-order valence-electron chi connectivity index (χ1n) is 6.45. The third-order valence-corrected chi connectivity index (χ3v) is 3.61. The third-order valence-electron chi connectivity index (χ3n) is 3.37. The van der Waals surface area contributed by atoms with Crippen LogP contribution in [-0.2, 0) is 11.3 Å². The highest BCUT2D eigenvalue weighted by molar-refractivity contribution is 6.30. The number of halogens is 1. The molecule has 4 heteroatoms. The van der Waals surface area contributed by atoms with Gasteiger partial charge in [-0.15, -0.1) is 0 Å². The van der Waals surface area contributed by atoms with Gasteiger partial charge >= 0.3 is 0 Å². The van der Waals surface area contributed by atoms with E-state index in [1.165, 1.54) is 12.8 Å². The maximum atomic E-state index is 5.97. The number of ether oxygens (including phenoxy) is 1. The van der Waals surface area contributed by atoms with Crippen molar-refractivity contribution in [1.29, 1.82) is 0 Å². The Morgan fingerprint density at radius 1 is 1.50 bits per heavy atom. The van der Waals surface area contributed by atoms with Crippen molar-refractivity contribution in [3.05, 3.63) is 28.8 Å². The van der Waals surface area contributed by atoms with Gasteiger partial charge in [0.15, 0.2) is 0 Å². The molecule has 2 rings (SSSR count). The van der Waals surface area contributed by atoms with Crippen molar-refractivity contribution < 1.29 is 4.74 Å². The Kier molecular flexibility index (Phi) is 4.87. The first-order chi connectivity index (χ1) is 8.65. The van der Waals surface area contributed by atoms with Gasteiger partial charge in [-0.2, -0.15) is 0 Å². The molecule has 1 aliphatic heterocycles. The van der Waals surface area contributed by atoms with Gasteiger partial charge in [-0.25, -0.2) is 0 Å².